The molecule has 5 rings (SSSR count). The highest BCUT2D eigenvalue weighted by molar-refractivity contribution is 6.30. The van der Waals surface area contributed by atoms with Crippen molar-refractivity contribution in [2.45, 2.75) is 31.0 Å². The molecule has 0 radical (unpaired) electrons. The lowest BCUT2D eigenvalue weighted by atomic mass is 9.91. The van der Waals surface area contributed by atoms with Gasteiger partial charge in [0.05, 0.1) is 44.7 Å². The number of quaternary nitrogens is 1. The number of piperidine rings is 1. The number of hydrogen-bond donors (Lipinski definition) is 1. The molecule has 4 nitrogen and oxygen atoms in total. The summed E-state index contributed by atoms with van der Waals surface area (Å²) in [7, 11) is 2.26. The lowest BCUT2D eigenvalue weighted by Gasteiger charge is -2.49. The van der Waals surface area contributed by atoms with Gasteiger partial charge >= 0.3 is 0 Å². The van der Waals surface area contributed by atoms with E-state index in [2.05, 4.69) is 48.5 Å². The molecule has 0 amide bonds. The van der Waals surface area contributed by atoms with Gasteiger partial charge in [0.2, 0.25) is 5.72 Å². The number of nitrogens with one attached hydrogen (secondary N) is 1. The van der Waals surface area contributed by atoms with E-state index in [-0.39, 0.29) is 11.8 Å². The quantitative estimate of drug-likeness (QED) is 0.838. The van der Waals surface area contributed by atoms with Gasteiger partial charge in [0.15, 0.2) is 0 Å². The third-order valence-corrected chi connectivity index (χ3v) is 6.22. The molecule has 3 aliphatic heterocycles. The van der Waals surface area contributed by atoms with Crippen molar-refractivity contribution in [1.82, 2.24) is 5.01 Å². The molecule has 1 atom stereocenters. The normalized spacial score (nSPS) is 29.8. The van der Waals surface area contributed by atoms with Crippen LogP contribution in [0.2, 0.25) is 5.02 Å². The Hall–Kier alpha value is -2.04. The van der Waals surface area contributed by atoms with E-state index in [4.69, 9.17) is 21.4 Å². The average Bonchev–Trinajstić information content (AvgIpc) is 3.12. The third kappa shape index (κ3) is 2.51. The summed E-state index contributed by atoms with van der Waals surface area (Å²) in [6.07, 6.45) is 2.91. The minimum Gasteiger partial charge on any atom is -0.466 e. The van der Waals surface area contributed by atoms with Gasteiger partial charge in [0, 0.05) is 17.0 Å². The van der Waals surface area contributed by atoms with E-state index in [1.165, 1.54) is 5.56 Å². The Labute approximate surface area is 159 Å². The number of ether oxygens (including phenoxy) is 1. The predicted octanol–water partition coefficient (Wildman–Crippen LogP) is 2.89. The number of likely N-dealkylation sites (tertiary alicyclic amines) is 1. The van der Waals surface area contributed by atoms with E-state index in [1.54, 1.807) is 4.90 Å². The number of fused-ring (bicyclic) bond motifs is 4. The van der Waals surface area contributed by atoms with Gasteiger partial charge in [-0.15, -0.1) is 0 Å². The van der Waals surface area contributed by atoms with Gasteiger partial charge in [0.1, 0.15) is 5.75 Å². The Morgan fingerprint density at radius 3 is 2.62 bits per heavy atom. The molecule has 0 bridgehead atoms. The highest BCUT2D eigenvalue weighted by Crippen LogP contribution is 2.49. The maximum absolute atomic E-state index is 6.61. The van der Waals surface area contributed by atoms with Crippen molar-refractivity contribution in [1.29, 1.82) is 0 Å². The van der Waals surface area contributed by atoms with Crippen LogP contribution in [-0.2, 0) is 0 Å². The first-order valence-electron chi connectivity index (χ1n) is 9.37. The van der Waals surface area contributed by atoms with Crippen molar-refractivity contribution in [3.8, 4) is 5.75 Å². The fourth-order valence-corrected chi connectivity index (χ4v) is 4.57. The lowest BCUT2D eigenvalue weighted by Crippen LogP contribution is -3.11. The second-order valence-corrected chi connectivity index (χ2v) is 8.10. The van der Waals surface area contributed by atoms with Crippen LogP contribution < -0.4 is 9.64 Å². The first kappa shape index (κ1) is 16.2. The standard InChI is InChI=1S/C21H22ClN3O/c1-24-12-10-21(11-13-24)25-19(17-4-2-3-5-20(17)26-21)14-18(23-25)15-6-8-16(22)9-7-15/h2-9,19H,10-14H2,1H3/p+1/t19-/m0/s1. The van der Waals surface area contributed by atoms with Gasteiger partial charge in [-0.3, -0.25) is 0 Å². The summed E-state index contributed by atoms with van der Waals surface area (Å²) in [5.41, 5.74) is 3.21. The van der Waals surface area contributed by atoms with Crippen molar-refractivity contribution >= 4 is 17.3 Å². The first-order chi connectivity index (χ1) is 12.6. The average molecular weight is 369 g/mol. The Balaban J connectivity index is 1.57. The highest BCUT2D eigenvalue weighted by atomic mass is 35.5. The molecule has 1 saturated heterocycles. The van der Waals surface area contributed by atoms with Crippen LogP contribution >= 0.6 is 11.6 Å². The molecule has 0 aliphatic carbocycles. The van der Waals surface area contributed by atoms with Gasteiger partial charge in [-0.25, -0.2) is 5.01 Å². The number of nitrogens with zero attached hydrogens (tertiary/aromatic N) is 2. The topological polar surface area (TPSA) is 29.3 Å². The molecule has 1 fully saturated rings. The zero-order valence-corrected chi connectivity index (χ0v) is 15.7. The molecule has 5 heteroatoms. The SMILES string of the molecule is C[NH+]1CCC2(CC1)Oc1ccccc1[C@@H]1CC(c3ccc(Cl)cc3)=NN12. The van der Waals surface area contributed by atoms with E-state index in [1.807, 2.05) is 12.1 Å². The second kappa shape index (κ2) is 6.00. The summed E-state index contributed by atoms with van der Waals surface area (Å²) in [5, 5.41) is 8.11. The molecule has 0 saturated carbocycles. The molecule has 1 N–H and O–H groups in total. The molecular formula is C21H23ClN3O+. The molecule has 0 unspecified atom stereocenters. The van der Waals surface area contributed by atoms with Crippen LogP contribution in [0.1, 0.15) is 36.4 Å². The molecule has 0 aromatic heterocycles. The predicted molar refractivity (Wildman–Crippen MR) is 103 cm³/mol. The summed E-state index contributed by atoms with van der Waals surface area (Å²) in [5.74, 6) is 1.03. The van der Waals surface area contributed by atoms with Crippen LogP contribution in [0.25, 0.3) is 0 Å². The molecule has 2 aromatic carbocycles. The van der Waals surface area contributed by atoms with E-state index in [0.29, 0.717) is 0 Å². The summed E-state index contributed by atoms with van der Waals surface area (Å²) in [4.78, 5) is 1.57. The minimum atomic E-state index is -0.313. The summed E-state index contributed by atoms with van der Waals surface area (Å²) in [6.45, 7) is 2.22. The third-order valence-electron chi connectivity index (χ3n) is 5.97. The van der Waals surface area contributed by atoms with E-state index in [0.717, 1.165) is 54.4 Å². The maximum atomic E-state index is 6.61. The number of para-hydroxylation sites is 1. The van der Waals surface area contributed by atoms with Gasteiger partial charge < -0.3 is 9.64 Å². The molecule has 2 aromatic rings. The smallest absolute Gasteiger partial charge is 0.208 e. The second-order valence-electron chi connectivity index (χ2n) is 7.66. The molecule has 3 heterocycles. The van der Waals surface area contributed by atoms with Crippen LogP contribution in [0.4, 0.5) is 0 Å². The lowest BCUT2D eigenvalue weighted by molar-refractivity contribution is -0.888. The molecule has 1 spiro atoms. The van der Waals surface area contributed by atoms with Crippen LogP contribution in [0.15, 0.2) is 53.6 Å². The summed E-state index contributed by atoms with van der Waals surface area (Å²) < 4.78 is 6.61. The zero-order chi connectivity index (χ0) is 17.7. The van der Waals surface area contributed by atoms with Gasteiger partial charge in [0.25, 0.3) is 0 Å². The highest BCUT2D eigenvalue weighted by Gasteiger charge is 2.52. The summed E-state index contributed by atoms with van der Waals surface area (Å²) >= 11 is 6.06. The monoisotopic (exact) mass is 368 g/mol. The van der Waals surface area contributed by atoms with Crippen molar-refractivity contribution < 1.29 is 9.64 Å². The Bertz CT molecular complexity index is 856. The Morgan fingerprint density at radius 1 is 1.12 bits per heavy atom. The Kier molecular flexibility index (Phi) is 3.73. The zero-order valence-electron chi connectivity index (χ0n) is 14.9. The molecule has 134 valence electrons. The summed E-state index contributed by atoms with van der Waals surface area (Å²) in [6, 6.07) is 16.7. The number of hydrazone groups is 1. The fourth-order valence-electron chi connectivity index (χ4n) is 4.44. The number of hydrogen-bond acceptors (Lipinski definition) is 3. The van der Waals surface area contributed by atoms with E-state index >= 15 is 0 Å². The van der Waals surface area contributed by atoms with Gasteiger partial charge in [-0.1, -0.05) is 41.9 Å². The van der Waals surface area contributed by atoms with Crippen LogP contribution in [-0.4, -0.2) is 36.6 Å². The van der Waals surface area contributed by atoms with Crippen molar-refractivity contribution in [3.05, 3.63) is 64.7 Å². The first-order valence-corrected chi connectivity index (χ1v) is 9.74. The number of rotatable bonds is 1. The van der Waals surface area contributed by atoms with Gasteiger partial charge in [-0.2, -0.15) is 5.10 Å². The largest absolute Gasteiger partial charge is 0.466 e. The Morgan fingerprint density at radius 2 is 1.85 bits per heavy atom. The minimum absolute atomic E-state index is 0.254. The van der Waals surface area contributed by atoms with Crippen molar-refractivity contribution in [2.75, 3.05) is 20.1 Å². The van der Waals surface area contributed by atoms with Crippen LogP contribution in [0.3, 0.4) is 0 Å². The fraction of sp³-hybridized carbons (Fsp3) is 0.381. The molecular weight excluding hydrogens is 346 g/mol. The maximum Gasteiger partial charge on any atom is 0.208 e. The van der Waals surface area contributed by atoms with E-state index < -0.39 is 0 Å². The van der Waals surface area contributed by atoms with Crippen LogP contribution in [0.5, 0.6) is 5.75 Å². The number of benzene rings is 2. The van der Waals surface area contributed by atoms with Gasteiger partial charge in [-0.05, 0) is 23.8 Å². The number of halogens is 1. The van der Waals surface area contributed by atoms with Crippen molar-refractivity contribution in [2.24, 2.45) is 5.10 Å². The van der Waals surface area contributed by atoms with Crippen molar-refractivity contribution in [3.63, 3.8) is 0 Å². The van der Waals surface area contributed by atoms with Crippen LogP contribution in [0, 0.1) is 0 Å². The van der Waals surface area contributed by atoms with E-state index in [9.17, 15) is 0 Å². The molecule has 26 heavy (non-hydrogen) atoms. The molecule has 3 aliphatic rings.